The summed E-state index contributed by atoms with van der Waals surface area (Å²) in [5, 5.41) is 6.44. The Kier molecular flexibility index (Phi) is 2.44. The fraction of sp³-hybridized carbons (Fsp3) is 0.583. The Morgan fingerprint density at radius 2 is 2.12 bits per heavy atom. The van der Waals surface area contributed by atoms with E-state index >= 15 is 0 Å². The van der Waals surface area contributed by atoms with Crippen LogP contribution < -0.4 is 10.6 Å². The number of nitrogens with one attached hydrogen (secondary N) is 2. The van der Waals surface area contributed by atoms with Gasteiger partial charge in [-0.05, 0) is 49.9 Å². The van der Waals surface area contributed by atoms with Crippen LogP contribution in [0.4, 0.5) is 0 Å². The summed E-state index contributed by atoms with van der Waals surface area (Å²) in [6, 6.07) is 3.77. The van der Waals surface area contributed by atoms with Crippen molar-refractivity contribution in [1.29, 1.82) is 0 Å². The molecule has 0 bridgehead atoms. The molecule has 1 saturated heterocycles. The molecule has 1 aliphatic carbocycles. The van der Waals surface area contributed by atoms with E-state index in [4.69, 9.17) is 4.42 Å². The van der Waals surface area contributed by atoms with Gasteiger partial charge in [0, 0.05) is 6.04 Å². The van der Waals surface area contributed by atoms with E-state index in [0.29, 0.717) is 11.8 Å². The van der Waals surface area contributed by atoms with E-state index in [1.54, 1.807) is 12.1 Å². The standard InChI is InChI=1S/C12H16N2O2/c15-12(11-2-1-3-16-11)14-10-4-8-6-13-7-9(8)5-10/h1-3,8-10,13H,4-7H2,(H,14,15)/t8-,9+,10?. The van der Waals surface area contributed by atoms with Crippen molar-refractivity contribution in [3.8, 4) is 0 Å². The van der Waals surface area contributed by atoms with Crippen LogP contribution in [0.2, 0.25) is 0 Å². The first-order chi connectivity index (χ1) is 7.83. The monoisotopic (exact) mass is 220 g/mol. The number of carbonyl (C=O) groups is 1. The zero-order valence-electron chi connectivity index (χ0n) is 9.11. The van der Waals surface area contributed by atoms with E-state index in [9.17, 15) is 4.79 Å². The molecule has 2 N–H and O–H groups in total. The molecule has 3 rings (SSSR count). The van der Waals surface area contributed by atoms with Gasteiger partial charge in [0.15, 0.2) is 5.76 Å². The molecular formula is C12H16N2O2. The fourth-order valence-electron chi connectivity index (χ4n) is 2.95. The SMILES string of the molecule is O=C(NC1C[C@H]2CNC[C@H]2C1)c1ccco1. The minimum absolute atomic E-state index is 0.0806. The molecule has 86 valence electrons. The van der Waals surface area contributed by atoms with Crippen LogP contribution in [0.15, 0.2) is 22.8 Å². The minimum atomic E-state index is -0.0806. The molecule has 2 heterocycles. The summed E-state index contributed by atoms with van der Waals surface area (Å²) in [5.41, 5.74) is 0. The van der Waals surface area contributed by atoms with Crippen molar-refractivity contribution in [3.05, 3.63) is 24.2 Å². The highest BCUT2D eigenvalue weighted by molar-refractivity contribution is 5.91. The molecule has 2 fully saturated rings. The number of carbonyl (C=O) groups excluding carboxylic acids is 1. The average molecular weight is 220 g/mol. The second-order valence-electron chi connectivity index (χ2n) is 4.80. The van der Waals surface area contributed by atoms with Crippen LogP contribution in [0.1, 0.15) is 23.4 Å². The van der Waals surface area contributed by atoms with Crippen molar-refractivity contribution in [2.24, 2.45) is 11.8 Å². The third-order valence-electron chi connectivity index (χ3n) is 3.73. The Labute approximate surface area is 94.4 Å². The van der Waals surface area contributed by atoms with Gasteiger partial charge in [-0.15, -0.1) is 0 Å². The van der Waals surface area contributed by atoms with Crippen LogP contribution >= 0.6 is 0 Å². The van der Waals surface area contributed by atoms with Gasteiger partial charge in [0.05, 0.1) is 6.26 Å². The number of rotatable bonds is 2. The first kappa shape index (κ1) is 9.90. The lowest BCUT2D eigenvalue weighted by molar-refractivity contribution is 0.0908. The third kappa shape index (κ3) is 1.73. The summed E-state index contributed by atoms with van der Waals surface area (Å²) in [7, 11) is 0. The maximum Gasteiger partial charge on any atom is 0.287 e. The van der Waals surface area contributed by atoms with Crippen molar-refractivity contribution >= 4 is 5.91 Å². The second kappa shape index (κ2) is 3.94. The summed E-state index contributed by atoms with van der Waals surface area (Å²) in [6.07, 6.45) is 3.73. The van der Waals surface area contributed by atoms with Crippen LogP contribution in [-0.4, -0.2) is 25.0 Å². The Balaban J connectivity index is 1.58. The predicted octanol–water partition coefficient (Wildman–Crippen LogP) is 1.01. The summed E-state index contributed by atoms with van der Waals surface area (Å²) in [6.45, 7) is 2.22. The normalized spacial score (nSPS) is 32.6. The number of hydrogen-bond acceptors (Lipinski definition) is 3. The molecule has 0 radical (unpaired) electrons. The van der Waals surface area contributed by atoms with Gasteiger partial charge in [-0.1, -0.05) is 0 Å². The lowest BCUT2D eigenvalue weighted by atomic mass is 10.0. The van der Waals surface area contributed by atoms with Crippen molar-refractivity contribution in [2.75, 3.05) is 13.1 Å². The number of amides is 1. The van der Waals surface area contributed by atoms with Gasteiger partial charge < -0.3 is 15.1 Å². The van der Waals surface area contributed by atoms with E-state index in [2.05, 4.69) is 10.6 Å². The first-order valence-electron chi connectivity index (χ1n) is 5.88. The van der Waals surface area contributed by atoms with Crippen LogP contribution in [0.25, 0.3) is 0 Å². The molecule has 1 aliphatic heterocycles. The zero-order chi connectivity index (χ0) is 11.0. The van der Waals surface area contributed by atoms with Gasteiger partial charge in [0.25, 0.3) is 5.91 Å². The maximum absolute atomic E-state index is 11.8. The molecule has 1 aromatic rings. The summed E-state index contributed by atoms with van der Waals surface area (Å²) in [5.74, 6) is 1.84. The highest BCUT2D eigenvalue weighted by Gasteiger charge is 2.37. The zero-order valence-corrected chi connectivity index (χ0v) is 9.11. The summed E-state index contributed by atoms with van der Waals surface area (Å²) < 4.78 is 5.08. The van der Waals surface area contributed by atoms with E-state index in [1.807, 2.05) is 0 Å². The molecule has 0 aromatic carbocycles. The number of fused-ring (bicyclic) bond motifs is 1. The van der Waals surface area contributed by atoms with Gasteiger partial charge in [0.2, 0.25) is 0 Å². The summed E-state index contributed by atoms with van der Waals surface area (Å²) in [4.78, 5) is 11.8. The Morgan fingerprint density at radius 3 is 2.75 bits per heavy atom. The Morgan fingerprint density at radius 1 is 1.38 bits per heavy atom. The van der Waals surface area contributed by atoms with Gasteiger partial charge in [0.1, 0.15) is 0 Å². The van der Waals surface area contributed by atoms with Gasteiger partial charge >= 0.3 is 0 Å². The molecule has 4 heteroatoms. The molecule has 0 spiro atoms. The molecule has 1 unspecified atom stereocenters. The van der Waals surface area contributed by atoms with Crippen LogP contribution in [0.3, 0.4) is 0 Å². The Bertz CT molecular complexity index is 362. The maximum atomic E-state index is 11.8. The molecule has 1 amide bonds. The van der Waals surface area contributed by atoms with Crippen molar-refractivity contribution in [1.82, 2.24) is 10.6 Å². The summed E-state index contributed by atoms with van der Waals surface area (Å²) >= 11 is 0. The lowest BCUT2D eigenvalue weighted by Crippen LogP contribution is -2.34. The third-order valence-corrected chi connectivity index (χ3v) is 3.73. The quantitative estimate of drug-likeness (QED) is 0.782. The van der Waals surface area contributed by atoms with Crippen LogP contribution in [0, 0.1) is 11.8 Å². The van der Waals surface area contributed by atoms with Gasteiger partial charge in [-0.25, -0.2) is 0 Å². The van der Waals surface area contributed by atoms with Crippen LogP contribution in [-0.2, 0) is 0 Å². The van der Waals surface area contributed by atoms with Crippen molar-refractivity contribution in [2.45, 2.75) is 18.9 Å². The highest BCUT2D eigenvalue weighted by Crippen LogP contribution is 2.34. The van der Waals surface area contributed by atoms with E-state index in [0.717, 1.165) is 37.8 Å². The number of hydrogen-bond donors (Lipinski definition) is 2. The van der Waals surface area contributed by atoms with Gasteiger partial charge in [-0.3, -0.25) is 4.79 Å². The minimum Gasteiger partial charge on any atom is -0.459 e. The fourth-order valence-corrected chi connectivity index (χ4v) is 2.95. The van der Waals surface area contributed by atoms with Crippen LogP contribution in [0.5, 0.6) is 0 Å². The lowest BCUT2D eigenvalue weighted by Gasteiger charge is -2.12. The smallest absolute Gasteiger partial charge is 0.287 e. The molecule has 16 heavy (non-hydrogen) atoms. The largest absolute Gasteiger partial charge is 0.459 e. The van der Waals surface area contributed by atoms with Crippen molar-refractivity contribution in [3.63, 3.8) is 0 Å². The first-order valence-corrected chi connectivity index (χ1v) is 5.88. The van der Waals surface area contributed by atoms with Crippen molar-refractivity contribution < 1.29 is 9.21 Å². The molecular weight excluding hydrogens is 204 g/mol. The van der Waals surface area contributed by atoms with E-state index in [-0.39, 0.29) is 5.91 Å². The number of furan rings is 1. The Hall–Kier alpha value is -1.29. The molecule has 1 saturated carbocycles. The molecule has 4 nitrogen and oxygen atoms in total. The molecule has 1 aromatic heterocycles. The van der Waals surface area contributed by atoms with E-state index in [1.165, 1.54) is 6.26 Å². The average Bonchev–Trinajstić information content (AvgIpc) is 2.91. The molecule has 2 aliphatic rings. The topological polar surface area (TPSA) is 54.3 Å². The second-order valence-corrected chi connectivity index (χ2v) is 4.80. The highest BCUT2D eigenvalue weighted by atomic mass is 16.3. The van der Waals surface area contributed by atoms with Gasteiger partial charge in [-0.2, -0.15) is 0 Å². The predicted molar refractivity (Wildman–Crippen MR) is 59.0 cm³/mol. The van der Waals surface area contributed by atoms with E-state index < -0.39 is 0 Å². The molecule has 3 atom stereocenters.